The Hall–Kier alpha value is -3.16. The summed E-state index contributed by atoms with van der Waals surface area (Å²) < 4.78 is 6.50. The molecule has 1 aliphatic rings. The van der Waals surface area contributed by atoms with Crippen LogP contribution in [-0.4, -0.2) is 57.7 Å². The van der Waals surface area contributed by atoms with Crippen LogP contribution in [0.4, 0.5) is 0 Å². The minimum absolute atomic E-state index is 0.0777. The number of carbonyl (C=O) groups is 3. The minimum atomic E-state index is -1.12. The predicted molar refractivity (Wildman–Crippen MR) is 125 cm³/mol. The van der Waals surface area contributed by atoms with Gasteiger partial charge in [0.2, 0.25) is 5.91 Å². The zero-order valence-corrected chi connectivity index (χ0v) is 20.0. The van der Waals surface area contributed by atoms with Crippen LogP contribution in [0.1, 0.15) is 67.1 Å². The maximum atomic E-state index is 13.5. The molecule has 33 heavy (non-hydrogen) atoms. The van der Waals surface area contributed by atoms with Gasteiger partial charge in [0.25, 0.3) is 5.91 Å². The molecule has 1 atom stereocenters. The van der Waals surface area contributed by atoms with Gasteiger partial charge in [0.05, 0.1) is 13.2 Å². The van der Waals surface area contributed by atoms with Gasteiger partial charge in [-0.25, -0.2) is 4.79 Å². The van der Waals surface area contributed by atoms with Crippen LogP contribution in [0, 0.1) is 5.92 Å². The normalized spacial score (nSPS) is 17.7. The van der Waals surface area contributed by atoms with Crippen molar-refractivity contribution in [3.8, 4) is 0 Å². The summed E-state index contributed by atoms with van der Waals surface area (Å²) in [7, 11) is 0. The second kappa shape index (κ2) is 10.6. The van der Waals surface area contributed by atoms with E-state index in [0.29, 0.717) is 31.1 Å². The van der Waals surface area contributed by atoms with Gasteiger partial charge in [-0.3, -0.25) is 14.3 Å². The number of fused-ring (bicyclic) bond motifs is 1. The Morgan fingerprint density at radius 1 is 1.24 bits per heavy atom. The Balaban J connectivity index is 1.84. The van der Waals surface area contributed by atoms with E-state index in [2.05, 4.69) is 36.4 Å². The lowest BCUT2D eigenvalue weighted by Gasteiger charge is -2.43. The van der Waals surface area contributed by atoms with Crippen molar-refractivity contribution in [2.24, 2.45) is 5.92 Å². The summed E-state index contributed by atoms with van der Waals surface area (Å²) in [5.41, 5.74) is 0.439. The van der Waals surface area contributed by atoms with E-state index in [9.17, 15) is 14.4 Å². The van der Waals surface area contributed by atoms with Crippen LogP contribution < -0.4 is 5.32 Å². The lowest BCUT2D eigenvalue weighted by atomic mass is 9.94. The molecule has 0 unspecified atom stereocenters. The standard InChI is InChI=1S/C25H34N4O4/c1-5-33-23(31)20-16-21-22(30)28(15-9-12-19-10-7-6-8-11-19)25(4,17-29(21)27-20)24(32)26-14-13-18(2)3/h6-8,10-11,16,18H,5,9,12-15,17H2,1-4H3,(H,26,32)/t25-/m1/s1. The molecule has 0 bridgehead atoms. The van der Waals surface area contributed by atoms with Gasteiger partial charge >= 0.3 is 5.97 Å². The molecule has 3 rings (SSSR count). The summed E-state index contributed by atoms with van der Waals surface area (Å²) in [4.78, 5) is 40.6. The van der Waals surface area contributed by atoms with Crippen LogP contribution in [0.25, 0.3) is 0 Å². The molecule has 8 heteroatoms. The Morgan fingerprint density at radius 3 is 2.64 bits per heavy atom. The monoisotopic (exact) mass is 454 g/mol. The quantitative estimate of drug-likeness (QED) is 0.557. The number of amides is 2. The van der Waals surface area contributed by atoms with Gasteiger partial charge in [-0.2, -0.15) is 5.10 Å². The largest absolute Gasteiger partial charge is 0.461 e. The van der Waals surface area contributed by atoms with Crippen molar-refractivity contribution in [3.05, 3.63) is 53.3 Å². The molecule has 2 heterocycles. The number of hydrogen-bond acceptors (Lipinski definition) is 5. The number of aryl methyl sites for hydroxylation is 1. The average Bonchev–Trinajstić information content (AvgIpc) is 3.20. The molecule has 0 aliphatic carbocycles. The zero-order valence-electron chi connectivity index (χ0n) is 20.0. The number of aromatic nitrogens is 2. The van der Waals surface area contributed by atoms with Gasteiger partial charge in [0.1, 0.15) is 11.2 Å². The topological polar surface area (TPSA) is 93.5 Å². The lowest BCUT2D eigenvalue weighted by molar-refractivity contribution is -0.133. The van der Waals surface area contributed by atoms with E-state index < -0.39 is 11.5 Å². The van der Waals surface area contributed by atoms with Crippen molar-refractivity contribution in [1.29, 1.82) is 0 Å². The van der Waals surface area contributed by atoms with E-state index in [1.165, 1.54) is 16.3 Å². The van der Waals surface area contributed by atoms with Gasteiger partial charge in [0, 0.05) is 19.2 Å². The summed E-state index contributed by atoms with van der Waals surface area (Å²) in [5.74, 6) is -0.641. The van der Waals surface area contributed by atoms with Gasteiger partial charge in [-0.15, -0.1) is 0 Å². The maximum absolute atomic E-state index is 13.5. The van der Waals surface area contributed by atoms with Crippen LogP contribution in [-0.2, 0) is 22.5 Å². The molecule has 1 aliphatic heterocycles. The summed E-state index contributed by atoms with van der Waals surface area (Å²) in [5, 5.41) is 7.28. The highest BCUT2D eigenvalue weighted by Gasteiger charge is 2.47. The molecule has 8 nitrogen and oxygen atoms in total. The third-order valence-electron chi connectivity index (χ3n) is 5.97. The molecule has 0 saturated heterocycles. The number of ether oxygens (including phenoxy) is 1. The average molecular weight is 455 g/mol. The fourth-order valence-corrected chi connectivity index (χ4v) is 4.05. The van der Waals surface area contributed by atoms with Gasteiger partial charge < -0.3 is 15.0 Å². The number of rotatable bonds is 10. The smallest absolute Gasteiger partial charge is 0.358 e. The van der Waals surface area contributed by atoms with E-state index in [-0.39, 0.29) is 30.7 Å². The summed E-state index contributed by atoms with van der Waals surface area (Å²) in [6.07, 6.45) is 2.36. The van der Waals surface area contributed by atoms with Crippen LogP contribution in [0.5, 0.6) is 0 Å². The van der Waals surface area contributed by atoms with Crippen molar-refractivity contribution in [2.45, 2.75) is 59.0 Å². The molecule has 0 spiro atoms. The van der Waals surface area contributed by atoms with E-state index in [0.717, 1.165) is 12.8 Å². The highest BCUT2D eigenvalue weighted by molar-refractivity contribution is 6.01. The van der Waals surface area contributed by atoms with E-state index >= 15 is 0 Å². The number of carbonyl (C=O) groups excluding carboxylic acids is 3. The molecular formula is C25H34N4O4. The van der Waals surface area contributed by atoms with Crippen LogP contribution in [0.3, 0.4) is 0 Å². The second-order valence-corrected chi connectivity index (χ2v) is 9.05. The van der Waals surface area contributed by atoms with E-state index in [1.807, 2.05) is 18.2 Å². The molecule has 178 valence electrons. The molecule has 1 aromatic heterocycles. The Morgan fingerprint density at radius 2 is 1.97 bits per heavy atom. The lowest BCUT2D eigenvalue weighted by Crippen LogP contribution is -2.64. The number of nitrogens with zero attached hydrogens (tertiary/aromatic N) is 3. The summed E-state index contributed by atoms with van der Waals surface area (Å²) in [6, 6.07) is 11.5. The number of hydrogen-bond donors (Lipinski definition) is 1. The number of esters is 1. The third kappa shape index (κ3) is 5.61. The predicted octanol–water partition coefficient (Wildman–Crippen LogP) is 3.07. The van der Waals surface area contributed by atoms with Gasteiger partial charge in [-0.1, -0.05) is 44.2 Å². The second-order valence-electron chi connectivity index (χ2n) is 9.05. The third-order valence-corrected chi connectivity index (χ3v) is 5.97. The molecule has 1 N–H and O–H groups in total. The molecule has 1 aromatic carbocycles. The fraction of sp³-hybridized carbons (Fsp3) is 0.520. The Bertz CT molecular complexity index is 986. The van der Waals surface area contributed by atoms with Gasteiger partial charge in [0.15, 0.2) is 5.69 Å². The van der Waals surface area contributed by atoms with E-state index in [1.54, 1.807) is 18.7 Å². The SMILES string of the molecule is CCOC(=O)c1cc2n(n1)C[C@](C)(C(=O)NCCC(C)C)N(CCCc1ccccc1)C2=O. The van der Waals surface area contributed by atoms with Crippen LogP contribution in [0.15, 0.2) is 36.4 Å². The molecular weight excluding hydrogens is 420 g/mol. The fourth-order valence-electron chi connectivity index (χ4n) is 4.05. The first-order valence-corrected chi connectivity index (χ1v) is 11.7. The van der Waals surface area contributed by atoms with Crippen molar-refractivity contribution in [1.82, 2.24) is 20.0 Å². The van der Waals surface area contributed by atoms with Crippen LogP contribution in [0.2, 0.25) is 0 Å². The van der Waals surface area contributed by atoms with Crippen molar-refractivity contribution < 1.29 is 19.1 Å². The van der Waals surface area contributed by atoms with Gasteiger partial charge in [-0.05, 0) is 44.6 Å². The van der Waals surface area contributed by atoms with Crippen molar-refractivity contribution >= 4 is 17.8 Å². The summed E-state index contributed by atoms with van der Waals surface area (Å²) in [6.45, 7) is 9.03. The Labute approximate surface area is 195 Å². The van der Waals surface area contributed by atoms with Crippen molar-refractivity contribution in [3.63, 3.8) is 0 Å². The number of nitrogens with one attached hydrogen (secondary N) is 1. The number of benzene rings is 1. The highest BCUT2D eigenvalue weighted by Crippen LogP contribution is 2.28. The minimum Gasteiger partial charge on any atom is -0.461 e. The molecule has 0 fully saturated rings. The van der Waals surface area contributed by atoms with E-state index in [4.69, 9.17) is 4.74 Å². The molecule has 0 saturated carbocycles. The first-order chi connectivity index (χ1) is 15.8. The Kier molecular flexibility index (Phi) is 7.89. The maximum Gasteiger partial charge on any atom is 0.358 e. The zero-order chi connectivity index (χ0) is 24.0. The molecule has 2 amide bonds. The molecule has 2 aromatic rings. The molecule has 0 radical (unpaired) electrons. The van der Waals surface area contributed by atoms with Crippen LogP contribution >= 0.6 is 0 Å². The van der Waals surface area contributed by atoms with Crippen molar-refractivity contribution in [2.75, 3.05) is 19.7 Å². The highest BCUT2D eigenvalue weighted by atomic mass is 16.5. The first kappa shape index (κ1) is 24.5. The summed E-state index contributed by atoms with van der Waals surface area (Å²) >= 11 is 0. The first-order valence-electron chi connectivity index (χ1n) is 11.7.